The molecule has 2 N–H and O–H groups in total. The number of ether oxygens (including phenoxy) is 1. The van der Waals surface area contributed by atoms with E-state index in [1.54, 1.807) is 6.92 Å². The molecule has 0 saturated carbocycles. The van der Waals surface area contributed by atoms with Crippen molar-refractivity contribution in [3.05, 3.63) is 41.5 Å². The molecule has 1 rings (SSSR count). The zero-order valence-electron chi connectivity index (χ0n) is 12.2. The van der Waals surface area contributed by atoms with Crippen LogP contribution in [-0.4, -0.2) is 23.6 Å². The largest absolute Gasteiger partial charge is 0.463 e. The van der Waals surface area contributed by atoms with Crippen molar-refractivity contribution >= 4 is 34.9 Å². The summed E-state index contributed by atoms with van der Waals surface area (Å²) in [7, 11) is 0. The van der Waals surface area contributed by atoms with Crippen LogP contribution in [0.1, 0.15) is 18.1 Å². The first-order valence-electron chi connectivity index (χ1n) is 6.46. The molecule has 112 valence electrons. The van der Waals surface area contributed by atoms with Crippen LogP contribution in [-0.2, 0) is 14.3 Å². The molecule has 21 heavy (non-hydrogen) atoms. The molecule has 5 nitrogen and oxygen atoms in total. The predicted octanol–water partition coefficient (Wildman–Crippen LogP) is 2.24. The van der Waals surface area contributed by atoms with Crippen molar-refractivity contribution in [1.29, 1.82) is 0 Å². The molecular weight excluding hydrogens is 288 g/mol. The molecule has 6 heteroatoms. The third-order valence-electron chi connectivity index (χ3n) is 2.66. The fraction of sp³-hybridized carbons (Fsp3) is 0.267. The molecule has 0 aromatic heterocycles. The van der Waals surface area contributed by atoms with Crippen molar-refractivity contribution in [2.45, 2.75) is 20.8 Å². The number of carbonyl (C=O) groups is 2. The molecule has 1 aromatic rings. The first-order chi connectivity index (χ1) is 9.92. The van der Waals surface area contributed by atoms with E-state index in [0.717, 1.165) is 23.4 Å². The maximum Gasteiger partial charge on any atom is 0.330 e. The zero-order valence-corrected chi connectivity index (χ0v) is 13.0. The third-order valence-corrected chi connectivity index (χ3v) is 2.86. The van der Waals surface area contributed by atoms with Crippen LogP contribution < -0.4 is 10.6 Å². The molecule has 1 amide bonds. The Labute approximate surface area is 129 Å². The summed E-state index contributed by atoms with van der Waals surface area (Å²) in [6.07, 6.45) is 2.13. The SMILES string of the molecule is CCOC(=O)/C=C/C(=O)NC(=S)Nc1ccc(C)c(C)c1. The topological polar surface area (TPSA) is 67.4 Å². The molecule has 0 aliphatic carbocycles. The lowest BCUT2D eigenvalue weighted by molar-refractivity contribution is -0.137. The molecule has 0 atom stereocenters. The number of carbonyl (C=O) groups excluding carboxylic acids is 2. The Bertz CT molecular complexity index is 582. The van der Waals surface area contributed by atoms with Gasteiger partial charge in [-0.1, -0.05) is 6.07 Å². The van der Waals surface area contributed by atoms with E-state index < -0.39 is 11.9 Å². The number of aryl methyl sites for hydroxylation is 2. The molecule has 0 aliphatic rings. The van der Waals surface area contributed by atoms with Gasteiger partial charge in [0.05, 0.1) is 6.61 Å². The Balaban J connectivity index is 2.51. The number of rotatable bonds is 4. The molecule has 0 heterocycles. The van der Waals surface area contributed by atoms with Crippen LogP contribution in [0.5, 0.6) is 0 Å². The highest BCUT2D eigenvalue weighted by atomic mass is 32.1. The average molecular weight is 306 g/mol. The summed E-state index contributed by atoms with van der Waals surface area (Å²) in [6, 6.07) is 5.76. The molecule has 0 aliphatic heterocycles. The Hall–Kier alpha value is -2.21. The van der Waals surface area contributed by atoms with Crippen LogP contribution >= 0.6 is 12.2 Å². The Kier molecular flexibility index (Phi) is 6.55. The van der Waals surface area contributed by atoms with Gasteiger partial charge in [0.25, 0.3) is 0 Å². The van der Waals surface area contributed by atoms with E-state index in [-0.39, 0.29) is 11.7 Å². The summed E-state index contributed by atoms with van der Waals surface area (Å²) in [5.41, 5.74) is 3.09. The van der Waals surface area contributed by atoms with Gasteiger partial charge in [-0.3, -0.25) is 10.1 Å². The molecule has 0 fully saturated rings. The van der Waals surface area contributed by atoms with Crippen LogP contribution in [0.25, 0.3) is 0 Å². The van der Waals surface area contributed by atoms with E-state index in [4.69, 9.17) is 12.2 Å². The summed E-state index contributed by atoms with van der Waals surface area (Å²) in [5, 5.41) is 5.51. The van der Waals surface area contributed by atoms with Gasteiger partial charge in [0.15, 0.2) is 5.11 Å². The second-order valence-corrected chi connectivity index (χ2v) is 4.74. The molecule has 1 aromatic carbocycles. The average Bonchev–Trinajstić information content (AvgIpc) is 2.41. The summed E-state index contributed by atoms with van der Waals surface area (Å²) < 4.78 is 4.66. The summed E-state index contributed by atoms with van der Waals surface area (Å²) >= 11 is 5.03. The molecule has 0 radical (unpaired) electrons. The van der Waals surface area contributed by atoms with Gasteiger partial charge in [0.2, 0.25) is 5.91 Å². The Morgan fingerprint density at radius 2 is 1.95 bits per heavy atom. The van der Waals surface area contributed by atoms with Gasteiger partial charge in [-0.2, -0.15) is 0 Å². The summed E-state index contributed by atoms with van der Waals surface area (Å²) in [4.78, 5) is 22.6. The maximum absolute atomic E-state index is 11.5. The molecule has 0 bridgehead atoms. The maximum atomic E-state index is 11.5. The monoisotopic (exact) mass is 306 g/mol. The van der Waals surface area contributed by atoms with Gasteiger partial charge in [0, 0.05) is 17.8 Å². The van der Waals surface area contributed by atoms with Gasteiger partial charge >= 0.3 is 5.97 Å². The number of esters is 1. The van der Waals surface area contributed by atoms with Gasteiger partial charge in [-0.25, -0.2) is 4.79 Å². The van der Waals surface area contributed by atoms with E-state index in [1.165, 1.54) is 5.56 Å². The van der Waals surface area contributed by atoms with Gasteiger partial charge in [0.1, 0.15) is 0 Å². The standard InChI is InChI=1S/C15H18N2O3S/c1-4-20-14(19)8-7-13(18)17-15(21)16-12-6-5-10(2)11(3)9-12/h5-9H,4H2,1-3H3,(H2,16,17,18,21)/b8-7+. The van der Waals surface area contributed by atoms with Crippen molar-refractivity contribution in [2.24, 2.45) is 0 Å². The van der Waals surface area contributed by atoms with Gasteiger partial charge in [-0.15, -0.1) is 0 Å². The smallest absolute Gasteiger partial charge is 0.330 e. The van der Waals surface area contributed by atoms with Crippen molar-refractivity contribution in [1.82, 2.24) is 5.32 Å². The highest BCUT2D eigenvalue weighted by Gasteiger charge is 2.03. The molecule has 0 saturated heterocycles. The lowest BCUT2D eigenvalue weighted by atomic mass is 10.1. The number of anilines is 1. The van der Waals surface area contributed by atoms with Gasteiger partial charge < -0.3 is 10.1 Å². The van der Waals surface area contributed by atoms with E-state index in [0.29, 0.717) is 0 Å². The number of amides is 1. The van der Waals surface area contributed by atoms with Crippen molar-refractivity contribution < 1.29 is 14.3 Å². The minimum absolute atomic E-state index is 0.164. The predicted molar refractivity (Wildman–Crippen MR) is 86.1 cm³/mol. The summed E-state index contributed by atoms with van der Waals surface area (Å²) in [6.45, 7) is 5.95. The lowest BCUT2D eigenvalue weighted by Gasteiger charge is -2.09. The van der Waals surface area contributed by atoms with E-state index in [1.807, 2.05) is 32.0 Å². The normalized spacial score (nSPS) is 10.2. The summed E-state index contributed by atoms with van der Waals surface area (Å²) in [5.74, 6) is -1.06. The lowest BCUT2D eigenvalue weighted by Crippen LogP contribution is -2.33. The van der Waals surface area contributed by atoms with Crippen LogP contribution in [0.15, 0.2) is 30.4 Å². The fourth-order valence-electron chi connectivity index (χ4n) is 1.47. The number of hydrogen-bond donors (Lipinski definition) is 2. The van der Waals surface area contributed by atoms with Crippen LogP contribution in [0, 0.1) is 13.8 Å². The van der Waals surface area contributed by atoms with Crippen LogP contribution in [0.4, 0.5) is 5.69 Å². The number of nitrogens with one attached hydrogen (secondary N) is 2. The number of benzene rings is 1. The van der Waals surface area contributed by atoms with E-state index in [9.17, 15) is 9.59 Å². The quantitative estimate of drug-likeness (QED) is 0.507. The second-order valence-electron chi connectivity index (χ2n) is 4.33. The van der Waals surface area contributed by atoms with Gasteiger partial charge in [-0.05, 0) is 56.2 Å². The van der Waals surface area contributed by atoms with E-state index in [2.05, 4.69) is 15.4 Å². The van der Waals surface area contributed by atoms with Crippen LogP contribution in [0.3, 0.4) is 0 Å². The minimum atomic E-state index is -0.569. The minimum Gasteiger partial charge on any atom is -0.463 e. The molecular formula is C15H18N2O3S. The number of hydrogen-bond acceptors (Lipinski definition) is 4. The van der Waals surface area contributed by atoms with Crippen LogP contribution in [0.2, 0.25) is 0 Å². The third kappa shape index (κ3) is 6.18. The fourth-order valence-corrected chi connectivity index (χ4v) is 1.69. The number of thiocarbonyl (C=S) groups is 1. The Morgan fingerprint density at radius 3 is 2.57 bits per heavy atom. The van der Waals surface area contributed by atoms with Crippen molar-refractivity contribution in [2.75, 3.05) is 11.9 Å². The first kappa shape index (κ1) is 16.8. The Morgan fingerprint density at radius 1 is 1.24 bits per heavy atom. The highest BCUT2D eigenvalue weighted by molar-refractivity contribution is 7.80. The van der Waals surface area contributed by atoms with E-state index >= 15 is 0 Å². The molecule has 0 spiro atoms. The molecule has 0 unspecified atom stereocenters. The second kappa shape index (κ2) is 8.16. The first-order valence-corrected chi connectivity index (χ1v) is 6.87. The zero-order chi connectivity index (χ0) is 15.8. The van der Waals surface area contributed by atoms with Crippen molar-refractivity contribution in [3.8, 4) is 0 Å². The van der Waals surface area contributed by atoms with Crippen molar-refractivity contribution in [3.63, 3.8) is 0 Å². The highest BCUT2D eigenvalue weighted by Crippen LogP contribution is 2.13.